The number of hydrogen-bond acceptors (Lipinski definition) is 3. The third kappa shape index (κ3) is 2.06. The molecule has 4 nitrogen and oxygen atoms in total. The summed E-state index contributed by atoms with van der Waals surface area (Å²) in [6.45, 7) is 0. The Balaban J connectivity index is 0.00000128. The Morgan fingerprint density at radius 3 is 2.81 bits per heavy atom. The zero-order valence-corrected chi connectivity index (χ0v) is 9.32. The van der Waals surface area contributed by atoms with Crippen LogP contribution in [0.25, 0.3) is 10.9 Å². The average Bonchev–Trinajstić information content (AvgIpc) is 2.27. The average molecular weight is 240 g/mol. The minimum atomic E-state index is -1.00. The molecule has 0 saturated heterocycles. The van der Waals surface area contributed by atoms with Crippen molar-refractivity contribution in [2.45, 2.75) is 0 Å². The van der Waals surface area contributed by atoms with Gasteiger partial charge < -0.3 is 9.84 Å². The number of aromatic nitrogens is 1. The predicted octanol–water partition coefficient (Wildman–Crippen LogP) is 2.36. The molecular weight excluding hydrogens is 230 g/mol. The molecule has 0 unspecified atom stereocenters. The summed E-state index contributed by atoms with van der Waals surface area (Å²) in [5.41, 5.74) is 0.873. The number of hydrogen-bond donors (Lipinski definition) is 1. The van der Waals surface area contributed by atoms with Gasteiger partial charge in [-0.25, -0.2) is 4.79 Å². The molecule has 0 spiro atoms. The number of halogens is 1. The van der Waals surface area contributed by atoms with Crippen LogP contribution < -0.4 is 4.74 Å². The Bertz CT molecular complexity index is 528. The van der Waals surface area contributed by atoms with E-state index >= 15 is 0 Å². The van der Waals surface area contributed by atoms with Gasteiger partial charge in [-0.15, -0.1) is 12.4 Å². The number of aromatic carboxylic acids is 1. The lowest BCUT2D eigenvalue weighted by atomic mass is 10.1. The van der Waals surface area contributed by atoms with Gasteiger partial charge in [-0.3, -0.25) is 4.98 Å². The molecule has 84 valence electrons. The minimum absolute atomic E-state index is 0. The first kappa shape index (κ1) is 12.3. The fourth-order valence-corrected chi connectivity index (χ4v) is 1.44. The van der Waals surface area contributed by atoms with Crippen molar-refractivity contribution in [1.82, 2.24) is 4.98 Å². The zero-order valence-electron chi connectivity index (χ0n) is 8.51. The van der Waals surface area contributed by atoms with Crippen LogP contribution in [0.3, 0.4) is 0 Å². The van der Waals surface area contributed by atoms with Gasteiger partial charge in [0.2, 0.25) is 0 Å². The maximum absolute atomic E-state index is 10.9. The predicted molar refractivity (Wildman–Crippen MR) is 62.5 cm³/mol. The highest BCUT2D eigenvalue weighted by atomic mass is 35.5. The van der Waals surface area contributed by atoms with E-state index in [0.717, 1.165) is 10.9 Å². The molecule has 0 aliphatic heterocycles. The van der Waals surface area contributed by atoms with E-state index in [2.05, 4.69) is 4.98 Å². The van der Waals surface area contributed by atoms with Gasteiger partial charge in [0, 0.05) is 17.6 Å². The molecule has 1 heterocycles. The van der Waals surface area contributed by atoms with E-state index < -0.39 is 5.97 Å². The number of fused-ring (bicyclic) bond motifs is 1. The van der Waals surface area contributed by atoms with E-state index in [1.807, 2.05) is 6.07 Å². The zero-order chi connectivity index (χ0) is 10.8. The molecule has 1 N–H and O–H groups in total. The monoisotopic (exact) mass is 239 g/mol. The van der Waals surface area contributed by atoms with Crippen molar-refractivity contribution < 1.29 is 14.6 Å². The molecule has 0 atom stereocenters. The van der Waals surface area contributed by atoms with Gasteiger partial charge in [0.05, 0.1) is 12.6 Å². The molecule has 0 aliphatic rings. The fourth-order valence-electron chi connectivity index (χ4n) is 1.44. The summed E-state index contributed by atoms with van der Waals surface area (Å²) in [6, 6.07) is 6.76. The summed E-state index contributed by atoms with van der Waals surface area (Å²) in [5.74, 6) is -0.675. The molecule has 0 aliphatic carbocycles. The van der Waals surface area contributed by atoms with Crippen molar-refractivity contribution in [2.75, 3.05) is 7.11 Å². The van der Waals surface area contributed by atoms with Crippen molar-refractivity contribution in [3.05, 3.63) is 36.0 Å². The number of rotatable bonds is 2. The van der Waals surface area contributed by atoms with Gasteiger partial charge in [-0.1, -0.05) is 6.07 Å². The number of nitrogens with zero attached hydrogens (tertiary/aromatic N) is 1. The Morgan fingerprint density at radius 1 is 1.44 bits per heavy atom. The Hall–Kier alpha value is -1.81. The topological polar surface area (TPSA) is 59.4 Å². The van der Waals surface area contributed by atoms with Crippen molar-refractivity contribution in [3.8, 4) is 5.75 Å². The second-order valence-electron chi connectivity index (χ2n) is 3.05. The van der Waals surface area contributed by atoms with Crippen LogP contribution in [-0.4, -0.2) is 23.2 Å². The fraction of sp³-hybridized carbons (Fsp3) is 0.0909. The molecule has 1 aromatic heterocycles. The number of pyridine rings is 1. The second-order valence-corrected chi connectivity index (χ2v) is 3.05. The van der Waals surface area contributed by atoms with Crippen LogP contribution in [0.2, 0.25) is 0 Å². The number of carbonyl (C=O) groups is 1. The summed E-state index contributed by atoms with van der Waals surface area (Å²) in [5, 5.41) is 9.74. The Labute approximate surface area is 98.3 Å². The molecule has 2 rings (SSSR count). The highest BCUT2D eigenvalue weighted by Gasteiger charge is 2.12. The molecule has 2 aromatic rings. The van der Waals surface area contributed by atoms with Crippen molar-refractivity contribution in [3.63, 3.8) is 0 Å². The highest BCUT2D eigenvalue weighted by Crippen LogP contribution is 2.24. The van der Waals surface area contributed by atoms with Gasteiger partial charge in [0.1, 0.15) is 11.3 Å². The summed E-state index contributed by atoms with van der Waals surface area (Å²) < 4.78 is 4.99. The van der Waals surface area contributed by atoms with E-state index in [-0.39, 0.29) is 18.0 Å². The quantitative estimate of drug-likeness (QED) is 0.874. The van der Waals surface area contributed by atoms with Crippen molar-refractivity contribution in [2.24, 2.45) is 0 Å². The van der Waals surface area contributed by atoms with Crippen molar-refractivity contribution in [1.29, 1.82) is 0 Å². The lowest BCUT2D eigenvalue weighted by Gasteiger charge is -2.05. The molecular formula is C11H10ClNO3. The first-order chi connectivity index (χ1) is 7.22. The molecule has 16 heavy (non-hydrogen) atoms. The van der Waals surface area contributed by atoms with E-state index in [1.54, 1.807) is 24.4 Å². The maximum atomic E-state index is 10.9. The van der Waals surface area contributed by atoms with Gasteiger partial charge >= 0.3 is 5.97 Å². The lowest BCUT2D eigenvalue weighted by molar-refractivity contribution is 0.0693. The largest absolute Gasteiger partial charge is 0.496 e. The summed E-state index contributed by atoms with van der Waals surface area (Å²) in [4.78, 5) is 15.0. The third-order valence-corrected chi connectivity index (χ3v) is 2.15. The van der Waals surface area contributed by atoms with E-state index in [1.165, 1.54) is 7.11 Å². The van der Waals surface area contributed by atoms with Gasteiger partial charge in [0.15, 0.2) is 0 Å². The normalized spacial score (nSPS) is 9.56. The number of methoxy groups -OCH3 is 1. The first-order valence-electron chi connectivity index (χ1n) is 4.38. The molecule has 0 saturated carbocycles. The molecule has 0 fully saturated rings. The van der Waals surface area contributed by atoms with Crippen molar-refractivity contribution >= 4 is 29.3 Å². The van der Waals surface area contributed by atoms with E-state index in [9.17, 15) is 4.79 Å². The van der Waals surface area contributed by atoms with E-state index in [0.29, 0.717) is 5.75 Å². The molecule has 1 aromatic carbocycles. The summed E-state index contributed by atoms with van der Waals surface area (Å²) >= 11 is 0. The Kier molecular flexibility index (Phi) is 3.68. The van der Waals surface area contributed by atoms with Gasteiger partial charge in [0.25, 0.3) is 0 Å². The molecule has 5 heteroatoms. The first-order valence-corrected chi connectivity index (χ1v) is 4.38. The number of carboxylic acid groups (broad SMARTS) is 1. The minimum Gasteiger partial charge on any atom is -0.496 e. The SMILES string of the molecule is COc1cc2ncccc2cc1C(=O)O.Cl. The molecule has 0 amide bonds. The van der Waals surface area contributed by atoms with Crippen LogP contribution in [0.4, 0.5) is 0 Å². The standard InChI is InChI=1S/C11H9NO3.ClH/c1-15-10-6-9-7(3-2-4-12-9)5-8(10)11(13)14;/h2-6H,1H3,(H,13,14);1H. The smallest absolute Gasteiger partial charge is 0.339 e. The number of benzene rings is 1. The summed E-state index contributed by atoms with van der Waals surface area (Å²) in [7, 11) is 1.44. The Morgan fingerprint density at radius 2 is 2.19 bits per heavy atom. The second kappa shape index (κ2) is 4.81. The van der Waals surface area contributed by atoms with Crippen LogP contribution in [0, 0.1) is 0 Å². The molecule has 0 radical (unpaired) electrons. The number of carboxylic acids is 1. The van der Waals surface area contributed by atoms with Crippen LogP contribution in [0.1, 0.15) is 10.4 Å². The summed E-state index contributed by atoms with van der Waals surface area (Å²) in [6.07, 6.45) is 1.65. The van der Waals surface area contributed by atoms with Crippen LogP contribution >= 0.6 is 12.4 Å². The van der Waals surface area contributed by atoms with Gasteiger partial charge in [-0.2, -0.15) is 0 Å². The number of ether oxygens (including phenoxy) is 1. The lowest BCUT2D eigenvalue weighted by Crippen LogP contribution is -2.00. The van der Waals surface area contributed by atoms with Gasteiger partial charge in [-0.05, 0) is 12.1 Å². The highest BCUT2D eigenvalue weighted by molar-refractivity contribution is 5.96. The maximum Gasteiger partial charge on any atom is 0.339 e. The molecule has 0 bridgehead atoms. The van der Waals surface area contributed by atoms with Crippen LogP contribution in [-0.2, 0) is 0 Å². The van der Waals surface area contributed by atoms with E-state index in [4.69, 9.17) is 9.84 Å². The third-order valence-electron chi connectivity index (χ3n) is 2.15. The van der Waals surface area contributed by atoms with Crippen LogP contribution in [0.15, 0.2) is 30.5 Å². The van der Waals surface area contributed by atoms with Crippen LogP contribution in [0.5, 0.6) is 5.75 Å².